The number of carbonyl (C=O) groups excluding carboxylic acids is 2. The van der Waals surface area contributed by atoms with E-state index in [0.29, 0.717) is 40.4 Å². The summed E-state index contributed by atoms with van der Waals surface area (Å²) in [5.41, 5.74) is 3.67. The molecule has 1 amide bonds. The minimum Gasteiger partial charge on any atom is -0.503 e. The van der Waals surface area contributed by atoms with Crippen LogP contribution in [0.15, 0.2) is 94.5 Å². The van der Waals surface area contributed by atoms with Crippen LogP contribution in [0.1, 0.15) is 61.4 Å². The summed E-state index contributed by atoms with van der Waals surface area (Å²) in [5, 5.41) is 20.1. The number of hydrogen-bond acceptors (Lipinski definition) is 9. The Kier molecular flexibility index (Phi) is 11.3. The summed E-state index contributed by atoms with van der Waals surface area (Å²) in [4.78, 5) is 28.8. The number of ketones is 1. The normalized spacial score (nSPS) is 14.8. The van der Waals surface area contributed by atoms with Crippen LogP contribution in [-0.2, 0) is 15.3 Å². The first kappa shape index (κ1) is 33.0. The Labute approximate surface area is 277 Å². The van der Waals surface area contributed by atoms with Crippen LogP contribution >= 0.6 is 23.1 Å². The number of anilines is 1. The van der Waals surface area contributed by atoms with Gasteiger partial charge in [0.2, 0.25) is 5.13 Å². The number of aromatic nitrogens is 2. The van der Waals surface area contributed by atoms with Gasteiger partial charge in [-0.15, -0.1) is 10.2 Å². The first-order chi connectivity index (χ1) is 22.4. The largest absolute Gasteiger partial charge is 0.503 e. The van der Waals surface area contributed by atoms with E-state index in [4.69, 9.17) is 9.47 Å². The van der Waals surface area contributed by atoms with E-state index in [-0.39, 0.29) is 10.7 Å². The number of carbonyl (C=O) groups is 2. The lowest BCUT2D eigenvalue weighted by molar-refractivity contribution is -0.117. The molecule has 0 saturated carbocycles. The first-order valence-corrected chi connectivity index (χ1v) is 17.1. The molecule has 0 radical (unpaired) electrons. The maximum atomic E-state index is 13.7. The summed E-state index contributed by atoms with van der Waals surface area (Å²) in [7, 11) is 0. The number of hydrogen-bond donors (Lipinski definition) is 1. The van der Waals surface area contributed by atoms with Gasteiger partial charge >= 0.3 is 0 Å². The number of nitrogens with zero attached hydrogens (tertiary/aromatic N) is 3. The zero-order valence-electron chi connectivity index (χ0n) is 26.1. The molecule has 0 bridgehead atoms. The highest BCUT2D eigenvalue weighted by Crippen LogP contribution is 2.45. The van der Waals surface area contributed by atoms with Crippen molar-refractivity contribution in [3.63, 3.8) is 0 Å². The van der Waals surface area contributed by atoms with Gasteiger partial charge in [0.1, 0.15) is 0 Å². The number of ether oxygens (including phenoxy) is 2. The molecule has 1 unspecified atom stereocenters. The highest BCUT2D eigenvalue weighted by molar-refractivity contribution is 8.00. The van der Waals surface area contributed by atoms with Gasteiger partial charge in [0, 0.05) is 5.75 Å². The minimum absolute atomic E-state index is 0.0414. The molecule has 0 spiro atoms. The molecule has 4 aromatic rings. The molecule has 2 heterocycles. The van der Waals surface area contributed by atoms with Gasteiger partial charge in [-0.25, -0.2) is 0 Å². The number of allylic oxidation sites excluding steroid dienone is 1. The third-order valence-corrected chi connectivity index (χ3v) is 9.50. The molecule has 238 valence electrons. The van der Waals surface area contributed by atoms with E-state index in [2.05, 4.69) is 41.4 Å². The molecular formula is C36H37N3O5S2. The Hall–Kier alpha value is -4.41. The summed E-state index contributed by atoms with van der Waals surface area (Å²) in [6, 6.07) is 22.0. The van der Waals surface area contributed by atoms with Crippen LogP contribution in [-0.4, -0.2) is 40.2 Å². The molecule has 1 aliphatic heterocycles. The molecule has 8 nitrogen and oxygen atoms in total. The van der Waals surface area contributed by atoms with Crippen molar-refractivity contribution in [3.05, 3.63) is 112 Å². The summed E-state index contributed by atoms with van der Waals surface area (Å²) in [5.74, 6) is -0.0677. The zero-order chi connectivity index (χ0) is 32.5. The Bertz CT molecular complexity index is 1720. The molecular weight excluding hydrogens is 619 g/mol. The van der Waals surface area contributed by atoms with Crippen molar-refractivity contribution in [2.75, 3.05) is 18.1 Å². The number of amides is 1. The fourth-order valence-corrected chi connectivity index (χ4v) is 6.82. The second-order valence-electron chi connectivity index (χ2n) is 10.8. The highest BCUT2D eigenvalue weighted by atomic mass is 32.2. The van der Waals surface area contributed by atoms with E-state index < -0.39 is 23.5 Å². The zero-order valence-corrected chi connectivity index (χ0v) is 27.8. The van der Waals surface area contributed by atoms with E-state index in [0.717, 1.165) is 30.4 Å². The van der Waals surface area contributed by atoms with E-state index in [1.54, 1.807) is 24.3 Å². The van der Waals surface area contributed by atoms with Crippen LogP contribution in [0.4, 0.5) is 5.13 Å². The van der Waals surface area contributed by atoms with Crippen molar-refractivity contribution < 1.29 is 24.2 Å². The van der Waals surface area contributed by atoms with Crippen molar-refractivity contribution in [1.82, 2.24) is 10.2 Å². The van der Waals surface area contributed by atoms with Gasteiger partial charge in [0.25, 0.3) is 5.91 Å². The number of aliphatic hydroxyl groups is 1. The van der Waals surface area contributed by atoms with Crippen molar-refractivity contribution in [2.45, 2.75) is 56.2 Å². The second kappa shape index (κ2) is 15.7. The van der Waals surface area contributed by atoms with Gasteiger partial charge in [-0.2, -0.15) is 0 Å². The van der Waals surface area contributed by atoms with E-state index >= 15 is 0 Å². The molecule has 3 aromatic carbocycles. The topological polar surface area (TPSA) is 102 Å². The van der Waals surface area contributed by atoms with Crippen molar-refractivity contribution >= 4 is 46.0 Å². The predicted molar refractivity (Wildman–Crippen MR) is 184 cm³/mol. The van der Waals surface area contributed by atoms with Crippen LogP contribution in [0, 0.1) is 6.92 Å². The molecule has 46 heavy (non-hydrogen) atoms. The summed E-state index contributed by atoms with van der Waals surface area (Å²) in [6.45, 7) is 7.00. The maximum absolute atomic E-state index is 13.7. The number of thioether (sulfide) groups is 1. The number of rotatable bonds is 15. The quantitative estimate of drug-likeness (QED) is 0.0591. The fraction of sp³-hybridized carbons (Fsp3) is 0.278. The molecule has 1 atom stereocenters. The van der Waals surface area contributed by atoms with Gasteiger partial charge in [0.05, 0.1) is 24.8 Å². The van der Waals surface area contributed by atoms with Crippen LogP contribution < -0.4 is 14.4 Å². The van der Waals surface area contributed by atoms with Crippen LogP contribution in [0.5, 0.6) is 11.5 Å². The smallest absolute Gasteiger partial charge is 0.296 e. The Morgan fingerprint density at radius 1 is 1.00 bits per heavy atom. The third-order valence-electron chi connectivity index (χ3n) is 7.37. The predicted octanol–water partition coefficient (Wildman–Crippen LogP) is 8.29. The van der Waals surface area contributed by atoms with Crippen LogP contribution in [0.3, 0.4) is 0 Å². The fourth-order valence-electron chi connectivity index (χ4n) is 5.00. The highest BCUT2D eigenvalue weighted by Gasteiger charge is 2.45. The number of aryl methyl sites for hydroxylation is 1. The lowest BCUT2D eigenvalue weighted by atomic mass is 9.95. The summed E-state index contributed by atoms with van der Waals surface area (Å²) in [6.07, 6.45) is 6.09. The maximum Gasteiger partial charge on any atom is 0.296 e. The van der Waals surface area contributed by atoms with Crippen LogP contribution in [0.2, 0.25) is 0 Å². The molecule has 0 fully saturated rings. The second-order valence-corrected chi connectivity index (χ2v) is 12.9. The van der Waals surface area contributed by atoms with Crippen molar-refractivity contribution in [1.29, 1.82) is 0 Å². The van der Waals surface area contributed by atoms with Gasteiger partial charge in [-0.05, 0) is 55.2 Å². The van der Waals surface area contributed by atoms with Gasteiger partial charge < -0.3 is 14.6 Å². The monoisotopic (exact) mass is 655 g/mol. The average Bonchev–Trinajstić information content (AvgIpc) is 3.64. The molecule has 0 saturated heterocycles. The molecule has 0 aliphatic carbocycles. The SMILES string of the molecule is CCCCCOc1ccc(C2C(C(=O)C=Cc3ccccc3)=C(O)C(=O)N2c2nnc(SCc3ccc(C)cc3)s2)cc1OCC. The van der Waals surface area contributed by atoms with Crippen LogP contribution in [0.25, 0.3) is 6.08 Å². The Morgan fingerprint density at radius 3 is 2.52 bits per heavy atom. The van der Waals surface area contributed by atoms with Gasteiger partial charge in [-0.1, -0.05) is 115 Å². The Balaban J connectivity index is 1.49. The van der Waals surface area contributed by atoms with Crippen molar-refractivity contribution in [2.24, 2.45) is 0 Å². The summed E-state index contributed by atoms with van der Waals surface area (Å²) >= 11 is 2.75. The molecule has 1 aliphatic rings. The lowest BCUT2D eigenvalue weighted by Crippen LogP contribution is -2.31. The van der Waals surface area contributed by atoms with Gasteiger partial charge in [0.15, 0.2) is 27.4 Å². The number of benzene rings is 3. The van der Waals surface area contributed by atoms with E-state index in [1.807, 2.05) is 44.2 Å². The minimum atomic E-state index is -0.961. The molecule has 1 N–H and O–H groups in total. The average molecular weight is 656 g/mol. The van der Waals surface area contributed by atoms with Gasteiger partial charge in [-0.3, -0.25) is 14.5 Å². The standard InChI is InChI=1S/C36H37N3O5S2/c1-4-6-10-21-44-29-20-18-27(22-30(29)43-5-2)32-31(28(40)19-17-25-11-8-7-9-12-25)33(41)34(42)39(32)35-37-38-36(46-35)45-23-26-15-13-24(3)14-16-26/h7-9,11-20,22,32,41H,4-6,10,21,23H2,1-3H3. The molecule has 10 heteroatoms. The molecule has 5 rings (SSSR count). The molecule has 1 aromatic heterocycles. The summed E-state index contributed by atoms with van der Waals surface area (Å²) < 4.78 is 12.6. The third kappa shape index (κ3) is 7.86. The lowest BCUT2D eigenvalue weighted by Gasteiger charge is -2.24. The van der Waals surface area contributed by atoms with E-state index in [1.165, 1.54) is 39.6 Å². The van der Waals surface area contributed by atoms with E-state index in [9.17, 15) is 14.7 Å². The number of aliphatic hydroxyl groups excluding tert-OH is 1. The Morgan fingerprint density at radius 2 is 1.78 bits per heavy atom. The number of unbranched alkanes of at least 4 members (excludes halogenated alkanes) is 2. The first-order valence-electron chi connectivity index (χ1n) is 15.3. The van der Waals surface area contributed by atoms with Crippen molar-refractivity contribution in [3.8, 4) is 11.5 Å².